The van der Waals surface area contributed by atoms with Crippen molar-refractivity contribution in [3.8, 4) is 17.2 Å². The predicted octanol–water partition coefficient (Wildman–Crippen LogP) is 3.04. The number of nitrogens with zero attached hydrogens (tertiary/aromatic N) is 1. The molecule has 0 saturated heterocycles. The van der Waals surface area contributed by atoms with E-state index in [4.69, 9.17) is 14.2 Å². The summed E-state index contributed by atoms with van der Waals surface area (Å²) in [7, 11) is -3.52. The van der Waals surface area contributed by atoms with Crippen LogP contribution in [0.2, 0.25) is 0 Å². The van der Waals surface area contributed by atoms with Gasteiger partial charge >= 0.3 is 0 Å². The summed E-state index contributed by atoms with van der Waals surface area (Å²) in [5, 5.41) is 2.81. The van der Waals surface area contributed by atoms with E-state index in [-0.39, 0.29) is 18.9 Å². The molecule has 0 fully saturated rings. The summed E-state index contributed by atoms with van der Waals surface area (Å²) in [5.41, 5.74) is 1.12. The monoisotopic (exact) mass is 434 g/mol. The lowest BCUT2D eigenvalue weighted by Crippen LogP contribution is -2.31. The minimum Gasteiger partial charge on any atom is -0.494 e. The van der Waals surface area contributed by atoms with Gasteiger partial charge in [0.2, 0.25) is 15.9 Å². The SMILES string of the molecule is CCOc1cccc(NC(=O)CCCN(c2ccc3c(c2)OCCO3)S(C)(=O)=O)c1. The molecule has 30 heavy (non-hydrogen) atoms. The first-order chi connectivity index (χ1) is 14.4. The van der Waals surface area contributed by atoms with E-state index in [1.165, 1.54) is 4.31 Å². The Morgan fingerprint density at radius 1 is 1.13 bits per heavy atom. The number of nitrogens with one attached hydrogen (secondary N) is 1. The number of hydrogen-bond acceptors (Lipinski definition) is 6. The molecule has 0 spiro atoms. The zero-order valence-corrected chi connectivity index (χ0v) is 17.9. The first-order valence-corrected chi connectivity index (χ1v) is 11.6. The number of amides is 1. The second-order valence-corrected chi connectivity index (χ2v) is 8.68. The fourth-order valence-electron chi connectivity index (χ4n) is 3.11. The molecule has 3 rings (SSSR count). The van der Waals surface area contributed by atoms with Crippen molar-refractivity contribution >= 4 is 27.3 Å². The van der Waals surface area contributed by atoms with Crippen molar-refractivity contribution in [2.45, 2.75) is 19.8 Å². The van der Waals surface area contributed by atoms with E-state index in [9.17, 15) is 13.2 Å². The maximum Gasteiger partial charge on any atom is 0.232 e. The van der Waals surface area contributed by atoms with Gasteiger partial charge in [-0.15, -0.1) is 0 Å². The van der Waals surface area contributed by atoms with E-state index < -0.39 is 10.0 Å². The van der Waals surface area contributed by atoms with Gasteiger partial charge in [-0.25, -0.2) is 8.42 Å². The Labute approximate surface area is 176 Å². The largest absolute Gasteiger partial charge is 0.494 e. The Hall–Kier alpha value is -2.94. The van der Waals surface area contributed by atoms with Crippen molar-refractivity contribution in [1.82, 2.24) is 0 Å². The van der Waals surface area contributed by atoms with Crippen LogP contribution in [0.3, 0.4) is 0 Å². The summed E-state index contributed by atoms with van der Waals surface area (Å²) < 4.78 is 42.3. The highest BCUT2D eigenvalue weighted by Crippen LogP contribution is 2.34. The molecule has 2 aromatic rings. The van der Waals surface area contributed by atoms with Crippen LogP contribution in [-0.2, 0) is 14.8 Å². The molecule has 0 bridgehead atoms. The van der Waals surface area contributed by atoms with Gasteiger partial charge in [0.15, 0.2) is 11.5 Å². The number of fused-ring (bicyclic) bond motifs is 1. The van der Waals surface area contributed by atoms with Gasteiger partial charge in [0, 0.05) is 30.8 Å². The number of rotatable bonds is 9. The molecule has 0 aliphatic carbocycles. The third-order valence-corrected chi connectivity index (χ3v) is 5.60. The van der Waals surface area contributed by atoms with Gasteiger partial charge in [-0.3, -0.25) is 9.10 Å². The Balaban J connectivity index is 1.60. The fraction of sp³-hybridized carbons (Fsp3) is 0.381. The highest BCUT2D eigenvalue weighted by Gasteiger charge is 2.21. The van der Waals surface area contributed by atoms with Crippen LogP contribution in [0.1, 0.15) is 19.8 Å². The zero-order chi connectivity index (χ0) is 21.6. The number of carbonyl (C=O) groups is 1. The molecule has 2 aromatic carbocycles. The van der Waals surface area contributed by atoms with Crippen LogP contribution < -0.4 is 23.8 Å². The lowest BCUT2D eigenvalue weighted by Gasteiger charge is -2.25. The molecular formula is C21H26N2O6S. The quantitative estimate of drug-likeness (QED) is 0.652. The van der Waals surface area contributed by atoms with E-state index in [1.54, 1.807) is 36.4 Å². The Morgan fingerprint density at radius 2 is 1.90 bits per heavy atom. The molecule has 1 amide bonds. The van der Waals surface area contributed by atoms with Crippen molar-refractivity contribution in [3.63, 3.8) is 0 Å². The lowest BCUT2D eigenvalue weighted by molar-refractivity contribution is -0.116. The van der Waals surface area contributed by atoms with E-state index in [0.717, 1.165) is 6.26 Å². The van der Waals surface area contributed by atoms with E-state index in [2.05, 4.69) is 5.32 Å². The van der Waals surface area contributed by atoms with Gasteiger partial charge in [0.1, 0.15) is 19.0 Å². The van der Waals surface area contributed by atoms with Gasteiger partial charge in [-0.1, -0.05) is 6.07 Å². The highest BCUT2D eigenvalue weighted by atomic mass is 32.2. The van der Waals surface area contributed by atoms with Gasteiger partial charge in [0.25, 0.3) is 0 Å². The van der Waals surface area contributed by atoms with Gasteiger partial charge in [-0.05, 0) is 37.6 Å². The predicted molar refractivity (Wildman–Crippen MR) is 115 cm³/mol. The van der Waals surface area contributed by atoms with Crippen LogP contribution in [0.25, 0.3) is 0 Å². The Kier molecular flexibility index (Phi) is 7.04. The lowest BCUT2D eigenvalue weighted by atomic mass is 10.2. The van der Waals surface area contributed by atoms with Crippen LogP contribution in [0.4, 0.5) is 11.4 Å². The summed E-state index contributed by atoms with van der Waals surface area (Å²) in [5.74, 6) is 1.59. The topological polar surface area (TPSA) is 94.2 Å². The molecule has 0 aromatic heterocycles. The van der Waals surface area contributed by atoms with Crippen LogP contribution in [0.5, 0.6) is 17.2 Å². The molecule has 0 radical (unpaired) electrons. The second-order valence-electron chi connectivity index (χ2n) is 6.78. The number of hydrogen-bond donors (Lipinski definition) is 1. The molecular weight excluding hydrogens is 408 g/mol. The summed E-state index contributed by atoms with van der Waals surface area (Å²) >= 11 is 0. The van der Waals surface area contributed by atoms with Crippen molar-refractivity contribution in [3.05, 3.63) is 42.5 Å². The molecule has 1 N–H and O–H groups in total. The average Bonchev–Trinajstić information content (AvgIpc) is 2.70. The molecule has 0 unspecified atom stereocenters. The zero-order valence-electron chi connectivity index (χ0n) is 17.1. The van der Waals surface area contributed by atoms with Gasteiger partial charge < -0.3 is 19.5 Å². The smallest absolute Gasteiger partial charge is 0.232 e. The van der Waals surface area contributed by atoms with Crippen molar-refractivity contribution in [1.29, 1.82) is 0 Å². The summed E-state index contributed by atoms with van der Waals surface area (Å²) in [6.45, 7) is 3.48. The second kappa shape index (κ2) is 9.71. The minimum absolute atomic E-state index is 0.172. The number of benzene rings is 2. The standard InChI is InChI=1S/C21H26N2O6S/c1-3-27-18-7-4-6-16(14-18)22-21(24)8-5-11-23(30(2,25)26)17-9-10-19-20(15-17)29-13-12-28-19/h4,6-7,9-10,14-15H,3,5,8,11-13H2,1-2H3,(H,22,24). The van der Waals surface area contributed by atoms with Crippen molar-refractivity contribution < 1.29 is 27.4 Å². The van der Waals surface area contributed by atoms with Crippen LogP contribution in [-0.4, -0.2) is 46.9 Å². The van der Waals surface area contributed by atoms with Crippen LogP contribution in [0, 0.1) is 0 Å². The number of ether oxygens (including phenoxy) is 3. The minimum atomic E-state index is -3.52. The molecule has 8 nitrogen and oxygen atoms in total. The maximum atomic E-state index is 12.3. The van der Waals surface area contributed by atoms with E-state index in [1.807, 2.05) is 13.0 Å². The van der Waals surface area contributed by atoms with E-state index >= 15 is 0 Å². The molecule has 1 heterocycles. The fourth-order valence-corrected chi connectivity index (χ4v) is 4.07. The van der Waals surface area contributed by atoms with Crippen molar-refractivity contribution in [2.75, 3.05) is 42.2 Å². The maximum absolute atomic E-state index is 12.3. The number of carbonyl (C=O) groups excluding carboxylic acids is 1. The molecule has 1 aliphatic heterocycles. The van der Waals surface area contributed by atoms with Crippen LogP contribution >= 0.6 is 0 Å². The molecule has 1 aliphatic rings. The normalized spacial score (nSPS) is 12.9. The molecule has 162 valence electrons. The number of sulfonamides is 1. The first kappa shape index (κ1) is 21.8. The third kappa shape index (κ3) is 5.79. The summed E-state index contributed by atoms with van der Waals surface area (Å²) in [4.78, 5) is 12.3. The first-order valence-electron chi connectivity index (χ1n) is 9.77. The van der Waals surface area contributed by atoms with Crippen molar-refractivity contribution in [2.24, 2.45) is 0 Å². The van der Waals surface area contributed by atoms with Gasteiger partial charge in [0.05, 0.1) is 18.6 Å². The third-order valence-electron chi connectivity index (χ3n) is 4.41. The average molecular weight is 435 g/mol. The molecule has 9 heteroatoms. The molecule has 0 saturated carbocycles. The van der Waals surface area contributed by atoms with Crippen LogP contribution in [0.15, 0.2) is 42.5 Å². The highest BCUT2D eigenvalue weighted by molar-refractivity contribution is 7.92. The Morgan fingerprint density at radius 3 is 2.63 bits per heavy atom. The van der Waals surface area contributed by atoms with Gasteiger partial charge in [-0.2, -0.15) is 0 Å². The molecule has 0 atom stereocenters. The van der Waals surface area contributed by atoms with E-state index in [0.29, 0.717) is 54.9 Å². The summed E-state index contributed by atoms with van der Waals surface area (Å²) in [6, 6.07) is 12.2. The Bertz CT molecular complexity index is 993. The number of anilines is 2. The summed E-state index contributed by atoms with van der Waals surface area (Å²) in [6.07, 6.45) is 1.68.